The molecule has 0 atom stereocenters. The highest BCUT2D eigenvalue weighted by Crippen LogP contribution is 2.19. The summed E-state index contributed by atoms with van der Waals surface area (Å²) in [6, 6.07) is 15.6. The van der Waals surface area contributed by atoms with Gasteiger partial charge in [-0.3, -0.25) is 9.80 Å². The summed E-state index contributed by atoms with van der Waals surface area (Å²) >= 11 is 0. The van der Waals surface area contributed by atoms with E-state index in [1.807, 2.05) is 35.3 Å². The van der Waals surface area contributed by atoms with E-state index >= 15 is 0 Å². The van der Waals surface area contributed by atoms with E-state index in [1.54, 1.807) is 12.1 Å². The molecule has 28 heavy (non-hydrogen) atoms. The molecule has 0 N–H and O–H groups in total. The molecule has 5 heteroatoms. The van der Waals surface area contributed by atoms with Gasteiger partial charge in [0.1, 0.15) is 5.82 Å². The van der Waals surface area contributed by atoms with Crippen LogP contribution in [0.5, 0.6) is 0 Å². The van der Waals surface area contributed by atoms with E-state index in [1.165, 1.54) is 11.1 Å². The average Bonchev–Trinajstić information content (AvgIpc) is 3.13. The van der Waals surface area contributed by atoms with Crippen molar-refractivity contribution in [3.8, 4) is 5.69 Å². The Balaban J connectivity index is 1.43. The lowest BCUT2D eigenvalue weighted by molar-refractivity contribution is 0.245. The molecule has 1 aromatic heterocycles. The lowest BCUT2D eigenvalue weighted by atomic mass is 10.1. The molecule has 1 saturated heterocycles. The molecule has 1 fully saturated rings. The van der Waals surface area contributed by atoms with Crippen LogP contribution in [0.25, 0.3) is 5.69 Å². The average molecular weight is 378 g/mol. The molecule has 4 rings (SSSR count). The standard InChI is InChI=1S/C23H27FN4/c1-19-8-9-23(28-13-4-10-25-28)21(16-19)18-27-12-5-11-26(14-15-27)17-20-6-2-3-7-22(20)24/h2-4,6-10,13,16H,5,11-12,14-15,17-18H2,1H3. The summed E-state index contributed by atoms with van der Waals surface area (Å²) in [5.74, 6) is -0.104. The van der Waals surface area contributed by atoms with Gasteiger partial charge in [0.2, 0.25) is 0 Å². The first-order valence-corrected chi connectivity index (χ1v) is 9.97. The van der Waals surface area contributed by atoms with Gasteiger partial charge in [-0.25, -0.2) is 9.07 Å². The second-order valence-electron chi connectivity index (χ2n) is 7.58. The van der Waals surface area contributed by atoms with Gasteiger partial charge in [-0.1, -0.05) is 35.9 Å². The molecule has 2 heterocycles. The highest BCUT2D eigenvalue weighted by molar-refractivity contribution is 5.42. The van der Waals surface area contributed by atoms with Crippen LogP contribution in [0.1, 0.15) is 23.1 Å². The fourth-order valence-corrected chi connectivity index (χ4v) is 3.92. The van der Waals surface area contributed by atoms with E-state index < -0.39 is 0 Å². The molecular weight excluding hydrogens is 351 g/mol. The van der Waals surface area contributed by atoms with Gasteiger partial charge in [0, 0.05) is 44.1 Å². The SMILES string of the molecule is Cc1ccc(-n2cccn2)c(CN2CCCN(Cc3ccccc3F)CC2)c1. The lowest BCUT2D eigenvalue weighted by Crippen LogP contribution is -2.30. The van der Waals surface area contributed by atoms with Crippen LogP contribution in [0.4, 0.5) is 4.39 Å². The molecule has 0 unspecified atom stereocenters. The van der Waals surface area contributed by atoms with E-state index in [0.717, 1.165) is 50.4 Å². The van der Waals surface area contributed by atoms with Crippen LogP contribution in [0.3, 0.4) is 0 Å². The number of rotatable bonds is 5. The van der Waals surface area contributed by atoms with Gasteiger partial charge in [-0.05, 0) is 50.2 Å². The van der Waals surface area contributed by atoms with Gasteiger partial charge in [0.15, 0.2) is 0 Å². The predicted octanol–water partition coefficient (Wildman–Crippen LogP) is 4.03. The summed E-state index contributed by atoms with van der Waals surface area (Å²) < 4.78 is 15.9. The Kier molecular flexibility index (Phi) is 5.84. The van der Waals surface area contributed by atoms with Crippen molar-refractivity contribution in [2.45, 2.75) is 26.4 Å². The minimum absolute atomic E-state index is 0.104. The Morgan fingerprint density at radius 1 is 0.893 bits per heavy atom. The van der Waals surface area contributed by atoms with Crippen LogP contribution < -0.4 is 0 Å². The molecule has 0 amide bonds. The Morgan fingerprint density at radius 2 is 1.64 bits per heavy atom. The van der Waals surface area contributed by atoms with Gasteiger partial charge < -0.3 is 0 Å². The van der Waals surface area contributed by atoms with Crippen molar-refractivity contribution in [1.29, 1.82) is 0 Å². The van der Waals surface area contributed by atoms with Crippen LogP contribution in [0.15, 0.2) is 60.9 Å². The first-order valence-electron chi connectivity index (χ1n) is 9.97. The fraction of sp³-hybridized carbons (Fsp3) is 0.348. The van der Waals surface area contributed by atoms with Crippen LogP contribution in [0, 0.1) is 12.7 Å². The van der Waals surface area contributed by atoms with Crippen molar-refractivity contribution >= 4 is 0 Å². The zero-order valence-corrected chi connectivity index (χ0v) is 16.4. The third-order valence-electron chi connectivity index (χ3n) is 5.41. The van der Waals surface area contributed by atoms with Crippen molar-refractivity contribution in [1.82, 2.24) is 19.6 Å². The summed E-state index contributed by atoms with van der Waals surface area (Å²) in [4.78, 5) is 4.87. The number of hydrogen-bond donors (Lipinski definition) is 0. The Morgan fingerprint density at radius 3 is 2.36 bits per heavy atom. The lowest BCUT2D eigenvalue weighted by Gasteiger charge is -2.23. The smallest absolute Gasteiger partial charge is 0.127 e. The Bertz CT molecular complexity index is 907. The number of halogens is 1. The molecule has 3 aromatic rings. The molecule has 0 radical (unpaired) electrons. The fourth-order valence-electron chi connectivity index (χ4n) is 3.92. The Hall–Kier alpha value is -2.50. The van der Waals surface area contributed by atoms with E-state index in [0.29, 0.717) is 6.54 Å². The number of benzene rings is 2. The molecule has 1 aliphatic rings. The molecule has 2 aromatic carbocycles. The van der Waals surface area contributed by atoms with Crippen molar-refractivity contribution in [3.63, 3.8) is 0 Å². The van der Waals surface area contributed by atoms with E-state index in [-0.39, 0.29) is 5.82 Å². The number of aryl methyl sites for hydroxylation is 1. The van der Waals surface area contributed by atoms with Crippen LogP contribution >= 0.6 is 0 Å². The van der Waals surface area contributed by atoms with Gasteiger partial charge in [0.25, 0.3) is 0 Å². The maximum Gasteiger partial charge on any atom is 0.127 e. The van der Waals surface area contributed by atoms with E-state index in [4.69, 9.17) is 0 Å². The van der Waals surface area contributed by atoms with E-state index in [9.17, 15) is 4.39 Å². The topological polar surface area (TPSA) is 24.3 Å². The third kappa shape index (κ3) is 4.49. The van der Waals surface area contributed by atoms with Crippen LogP contribution in [0.2, 0.25) is 0 Å². The summed E-state index contributed by atoms with van der Waals surface area (Å²) in [5, 5.41) is 4.41. The van der Waals surface area contributed by atoms with Crippen LogP contribution in [-0.4, -0.2) is 45.8 Å². The molecule has 0 bridgehead atoms. The van der Waals surface area contributed by atoms with Crippen molar-refractivity contribution in [2.75, 3.05) is 26.2 Å². The minimum atomic E-state index is -0.104. The highest BCUT2D eigenvalue weighted by Gasteiger charge is 2.18. The number of nitrogens with zero attached hydrogens (tertiary/aromatic N) is 4. The van der Waals surface area contributed by atoms with Crippen molar-refractivity contribution in [2.24, 2.45) is 0 Å². The molecule has 146 valence electrons. The van der Waals surface area contributed by atoms with Crippen molar-refractivity contribution < 1.29 is 4.39 Å². The van der Waals surface area contributed by atoms with Gasteiger partial charge >= 0.3 is 0 Å². The number of aromatic nitrogens is 2. The monoisotopic (exact) mass is 378 g/mol. The molecular formula is C23H27FN4. The Labute approximate surface area is 166 Å². The van der Waals surface area contributed by atoms with Gasteiger partial charge in [0.05, 0.1) is 5.69 Å². The second-order valence-corrected chi connectivity index (χ2v) is 7.58. The first-order chi connectivity index (χ1) is 13.7. The van der Waals surface area contributed by atoms with Crippen molar-refractivity contribution in [3.05, 3.63) is 83.4 Å². The molecule has 1 aliphatic heterocycles. The van der Waals surface area contributed by atoms with E-state index in [2.05, 4.69) is 40.0 Å². The molecule has 0 spiro atoms. The maximum atomic E-state index is 14.0. The summed E-state index contributed by atoms with van der Waals surface area (Å²) in [6.45, 7) is 7.73. The largest absolute Gasteiger partial charge is 0.298 e. The van der Waals surface area contributed by atoms with Gasteiger partial charge in [-0.15, -0.1) is 0 Å². The normalized spacial score (nSPS) is 16.2. The molecule has 4 nitrogen and oxygen atoms in total. The molecule has 0 aliphatic carbocycles. The maximum absolute atomic E-state index is 14.0. The quantitative estimate of drug-likeness (QED) is 0.670. The first kappa shape index (κ1) is 18.8. The van der Waals surface area contributed by atoms with Crippen LogP contribution in [-0.2, 0) is 13.1 Å². The summed E-state index contributed by atoms with van der Waals surface area (Å²) in [7, 11) is 0. The second kappa shape index (κ2) is 8.67. The highest BCUT2D eigenvalue weighted by atomic mass is 19.1. The zero-order chi connectivity index (χ0) is 19.3. The summed E-state index contributed by atoms with van der Waals surface area (Å²) in [5.41, 5.74) is 4.49. The molecule has 0 saturated carbocycles. The predicted molar refractivity (Wildman–Crippen MR) is 110 cm³/mol. The third-order valence-corrected chi connectivity index (χ3v) is 5.41. The number of hydrogen-bond acceptors (Lipinski definition) is 3. The van der Waals surface area contributed by atoms with Gasteiger partial charge in [-0.2, -0.15) is 5.10 Å². The minimum Gasteiger partial charge on any atom is -0.298 e. The zero-order valence-electron chi connectivity index (χ0n) is 16.4. The summed E-state index contributed by atoms with van der Waals surface area (Å²) in [6.07, 6.45) is 4.90.